The van der Waals surface area contributed by atoms with Crippen LogP contribution in [0.15, 0.2) is 133 Å². The molecule has 0 aliphatic carbocycles. The molecule has 0 bridgehead atoms. The second kappa shape index (κ2) is 13.3. The Morgan fingerprint density at radius 2 is 0.875 bits per heavy atom. The van der Waals surface area contributed by atoms with Gasteiger partial charge in [-0.2, -0.15) is 0 Å². The summed E-state index contributed by atoms with van der Waals surface area (Å²) in [5, 5.41) is 7.79. The summed E-state index contributed by atoms with van der Waals surface area (Å²) in [6.07, 6.45) is 0. The molecule has 0 unspecified atom stereocenters. The van der Waals surface area contributed by atoms with Crippen LogP contribution in [0.1, 0.15) is 43.0 Å². The third-order valence-corrected chi connectivity index (χ3v) is 8.55. The number of amides is 2. The van der Waals surface area contributed by atoms with Gasteiger partial charge in [0, 0.05) is 35.0 Å². The fourth-order valence-electron chi connectivity index (χ4n) is 5.80. The van der Waals surface area contributed by atoms with E-state index in [-0.39, 0.29) is 11.8 Å². The monoisotopic (exact) mass is 626 g/mol. The Hall–Kier alpha value is -6.14. The van der Waals surface area contributed by atoms with E-state index in [4.69, 9.17) is 9.97 Å². The molecule has 5 aromatic carbocycles. The van der Waals surface area contributed by atoms with Crippen molar-refractivity contribution in [3.05, 3.63) is 167 Å². The maximum absolute atomic E-state index is 13.5. The molecule has 0 aliphatic heterocycles. The summed E-state index contributed by atoms with van der Waals surface area (Å²) in [7, 11) is 0. The minimum atomic E-state index is -0.159. The molecule has 6 heteroatoms. The van der Waals surface area contributed by atoms with Crippen molar-refractivity contribution >= 4 is 33.6 Å². The molecular formula is C42H34N4O2. The van der Waals surface area contributed by atoms with Crippen molar-refractivity contribution in [2.75, 3.05) is 0 Å². The van der Waals surface area contributed by atoms with Gasteiger partial charge in [0.25, 0.3) is 11.8 Å². The lowest BCUT2D eigenvalue weighted by Gasteiger charge is -2.12. The minimum Gasteiger partial charge on any atom is -0.348 e. The Kier molecular flexibility index (Phi) is 8.46. The summed E-state index contributed by atoms with van der Waals surface area (Å²) < 4.78 is 0. The Balaban J connectivity index is 1.03. The topological polar surface area (TPSA) is 84.0 Å². The molecule has 0 spiro atoms. The molecule has 2 N–H and O–H groups in total. The van der Waals surface area contributed by atoms with Crippen LogP contribution >= 0.6 is 0 Å². The van der Waals surface area contributed by atoms with Crippen LogP contribution in [0.3, 0.4) is 0 Å². The number of pyridine rings is 2. The third-order valence-electron chi connectivity index (χ3n) is 8.55. The molecule has 2 aromatic heterocycles. The number of aryl methyl sites for hydroxylation is 2. The van der Waals surface area contributed by atoms with Gasteiger partial charge in [0.05, 0.1) is 33.5 Å². The number of hydrogen-bond acceptors (Lipinski definition) is 4. The Morgan fingerprint density at radius 1 is 0.500 bits per heavy atom. The SMILES string of the molecule is Cc1ccc(-c2cc(C(=O)NCc3ccc(CNC(=O)c4cc(-c5ccc(C)cc5)nc5ccccc45)cc3)c3ccccc3n2)cc1. The minimum absolute atomic E-state index is 0.159. The first-order valence-corrected chi connectivity index (χ1v) is 16.0. The average molecular weight is 627 g/mol. The maximum atomic E-state index is 13.5. The van der Waals surface area contributed by atoms with Crippen LogP contribution in [0.4, 0.5) is 0 Å². The van der Waals surface area contributed by atoms with E-state index in [1.165, 1.54) is 11.1 Å². The van der Waals surface area contributed by atoms with Crippen LogP contribution in [-0.2, 0) is 13.1 Å². The Bertz CT molecular complexity index is 2110. The second-order valence-corrected chi connectivity index (χ2v) is 12.1. The van der Waals surface area contributed by atoms with Gasteiger partial charge < -0.3 is 10.6 Å². The highest BCUT2D eigenvalue weighted by Crippen LogP contribution is 2.27. The number of hydrogen-bond donors (Lipinski definition) is 2. The quantitative estimate of drug-likeness (QED) is 0.177. The highest BCUT2D eigenvalue weighted by Gasteiger charge is 2.16. The van der Waals surface area contributed by atoms with E-state index in [0.717, 1.165) is 55.4 Å². The molecule has 2 heterocycles. The number of carbonyl (C=O) groups excluding carboxylic acids is 2. The van der Waals surface area contributed by atoms with Crippen LogP contribution < -0.4 is 10.6 Å². The number of nitrogens with zero attached hydrogens (tertiary/aromatic N) is 2. The molecule has 0 radical (unpaired) electrons. The lowest BCUT2D eigenvalue weighted by atomic mass is 10.0. The molecule has 48 heavy (non-hydrogen) atoms. The first-order chi connectivity index (χ1) is 23.4. The van der Waals surface area contributed by atoms with Crippen LogP contribution in [0.25, 0.3) is 44.3 Å². The summed E-state index contributed by atoms with van der Waals surface area (Å²) >= 11 is 0. The Labute approximate surface area is 279 Å². The van der Waals surface area contributed by atoms with Crippen LogP contribution in [0.2, 0.25) is 0 Å². The molecule has 0 saturated heterocycles. The van der Waals surface area contributed by atoms with Crippen molar-refractivity contribution < 1.29 is 9.59 Å². The van der Waals surface area contributed by atoms with E-state index in [2.05, 4.69) is 10.6 Å². The Morgan fingerprint density at radius 3 is 1.27 bits per heavy atom. The zero-order chi connectivity index (χ0) is 33.0. The molecule has 6 nitrogen and oxygen atoms in total. The van der Waals surface area contributed by atoms with Gasteiger partial charge in [-0.25, -0.2) is 9.97 Å². The van der Waals surface area contributed by atoms with Gasteiger partial charge in [0.2, 0.25) is 0 Å². The molecule has 234 valence electrons. The van der Waals surface area contributed by atoms with Crippen molar-refractivity contribution in [2.45, 2.75) is 26.9 Å². The van der Waals surface area contributed by atoms with Gasteiger partial charge in [-0.15, -0.1) is 0 Å². The van der Waals surface area contributed by atoms with E-state index < -0.39 is 0 Å². The first-order valence-electron chi connectivity index (χ1n) is 16.0. The van der Waals surface area contributed by atoms with Crippen molar-refractivity contribution in [1.82, 2.24) is 20.6 Å². The largest absolute Gasteiger partial charge is 0.348 e. The van der Waals surface area contributed by atoms with Gasteiger partial charge in [-0.05, 0) is 49.2 Å². The lowest BCUT2D eigenvalue weighted by Crippen LogP contribution is -2.24. The van der Waals surface area contributed by atoms with E-state index in [1.807, 2.05) is 147 Å². The normalized spacial score (nSPS) is 11.0. The van der Waals surface area contributed by atoms with E-state index in [1.54, 1.807) is 0 Å². The molecule has 7 aromatic rings. The molecule has 0 aliphatic rings. The fourth-order valence-corrected chi connectivity index (χ4v) is 5.80. The number of nitrogens with one attached hydrogen (secondary N) is 2. The highest BCUT2D eigenvalue weighted by atomic mass is 16.2. The summed E-state index contributed by atoms with van der Waals surface area (Å²) in [4.78, 5) is 36.6. The zero-order valence-corrected chi connectivity index (χ0v) is 26.8. The summed E-state index contributed by atoms with van der Waals surface area (Å²) in [6.45, 7) is 4.83. The number of carbonyl (C=O) groups is 2. The van der Waals surface area contributed by atoms with Crippen LogP contribution in [0.5, 0.6) is 0 Å². The fraction of sp³-hybridized carbons (Fsp3) is 0.0952. The number of fused-ring (bicyclic) bond motifs is 2. The predicted octanol–water partition coefficient (Wildman–Crippen LogP) is 8.59. The summed E-state index contributed by atoms with van der Waals surface area (Å²) in [5.74, 6) is -0.319. The first kappa shape index (κ1) is 30.5. The zero-order valence-electron chi connectivity index (χ0n) is 26.8. The number of aromatic nitrogens is 2. The average Bonchev–Trinajstić information content (AvgIpc) is 3.13. The molecule has 7 rings (SSSR count). The number of para-hydroxylation sites is 2. The van der Waals surface area contributed by atoms with E-state index in [0.29, 0.717) is 24.2 Å². The number of benzene rings is 5. The molecular weight excluding hydrogens is 592 g/mol. The van der Waals surface area contributed by atoms with Gasteiger partial charge in [-0.3, -0.25) is 9.59 Å². The molecule has 0 saturated carbocycles. The molecule has 0 atom stereocenters. The molecule has 0 fully saturated rings. The van der Waals surface area contributed by atoms with Crippen molar-refractivity contribution in [3.63, 3.8) is 0 Å². The van der Waals surface area contributed by atoms with Crippen molar-refractivity contribution in [2.24, 2.45) is 0 Å². The van der Waals surface area contributed by atoms with Gasteiger partial charge in [0.15, 0.2) is 0 Å². The molecule has 2 amide bonds. The van der Waals surface area contributed by atoms with E-state index >= 15 is 0 Å². The van der Waals surface area contributed by atoms with Gasteiger partial charge >= 0.3 is 0 Å². The van der Waals surface area contributed by atoms with Gasteiger partial charge in [-0.1, -0.05) is 120 Å². The van der Waals surface area contributed by atoms with E-state index in [9.17, 15) is 9.59 Å². The van der Waals surface area contributed by atoms with Crippen LogP contribution in [0, 0.1) is 13.8 Å². The van der Waals surface area contributed by atoms with Crippen molar-refractivity contribution in [1.29, 1.82) is 0 Å². The lowest BCUT2D eigenvalue weighted by molar-refractivity contribution is 0.0944. The number of rotatable bonds is 8. The summed E-state index contributed by atoms with van der Waals surface area (Å²) in [5.41, 5.74) is 10.4. The summed E-state index contributed by atoms with van der Waals surface area (Å²) in [6, 6.07) is 43.3. The maximum Gasteiger partial charge on any atom is 0.252 e. The third kappa shape index (κ3) is 6.55. The standard InChI is InChI=1S/C42H34N4O2/c1-27-11-19-31(20-12-27)39-23-35(33-7-3-5-9-37(33)45-39)41(47)43-25-29-15-17-30(18-16-29)26-44-42(48)36-24-40(32-21-13-28(2)14-22-32)46-38-10-6-4-8-34(36)38/h3-24H,25-26H2,1-2H3,(H,43,47)(H,44,48). The highest BCUT2D eigenvalue weighted by molar-refractivity contribution is 6.08. The van der Waals surface area contributed by atoms with Crippen molar-refractivity contribution in [3.8, 4) is 22.5 Å². The van der Waals surface area contributed by atoms with Crippen LogP contribution in [-0.4, -0.2) is 21.8 Å². The predicted molar refractivity (Wildman–Crippen MR) is 193 cm³/mol. The van der Waals surface area contributed by atoms with Gasteiger partial charge in [0.1, 0.15) is 0 Å². The smallest absolute Gasteiger partial charge is 0.252 e. The second-order valence-electron chi connectivity index (χ2n) is 12.1.